The number of benzene rings is 1. The fraction of sp³-hybridized carbons (Fsp3) is 0.714. The van der Waals surface area contributed by atoms with Gasteiger partial charge in [-0.1, -0.05) is 80.7 Å². The highest BCUT2D eigenvalue weighted by molar-refractivity contribution is 5.28. The number of aliphatic hydroxyl groups excluding tert-OH is 1. The van der Waals surface area contributed by atoms with Gasteiger partial charge in [0.25, 0.3) is 0 Å². The maximum Gasteiger partial charge on any atom is 0.0431 e. The molecule has 23 heavy (non-hydrogen) atoms. The number of hydrogen-bond donors (Lipinski definition) is 2. The molecule has 1 aromatic carbocycles. The summed E-state index contributed by atoms with van der Waals surface area (Å²) in [5, 5.41) is 12.3. The normalized spacial score (nSPS) is 11.1. The van der Waals surface area contributed by atoms with Crippen LogP contribution in [0.3, 0.4) is 0 Å². The van der Waals surface area contributed by atoms with E-state index in [0.29, 0.717) is 6.61 Å². The average molecular weight is 320 g/mol. The zero-order chi connectivity index (χ0) is 16.8. The van der Waals surface area contributed by atoms with Gasteiger partial charge in [-0.05, 0) is 38.8 Å². The first kappa shape index (κ1) is 20.2. The predicted octanol–water partition coefficient (Wildman–Crippen LogP) is 5.29. The van der Waals surface area contributed by atoms with Gasteiger partial charge < -0.3 is 10.4 Å². The molecule has 0 spiro atoms. The Hall–Kier alpha value is -0.860. The molecule has 0 saturated carbocycles. The molecule has 2 heteroatoms. The van der Waals surface area contributed by atoms with E-state index in [9.17, 15) is 0 Å². The highest BCUT2D eigenvalue weighted by Crippen LogP contribution is 2.11. The Morgan fingerprint density at radius 3 is 1.70 bits per heavy atom. The highest BCUT2D eigenvalue weighted by Gasteiger charge is 1.96. The molecule has 0 amide bonds. The maximum absolute atomic E-state index is 8.71. The Kier molecular flexibility index (Phi) is 11.9. The smallest absolute Gasteiger partial charge is 0.0431 e. The largest absolute Gasteiger partial charge is 0.396 e. The zero-order valence-corrected chi connectivity index (χ0v) is 15.4. The first-order chi connectivity index (χ1) is 11.2. The van der Waals surface area contributed by atoms with Gasteiger partial charge >= 0.3 is 0 Å². The van der Waals surface area contributed by atoms with Crippen molar-refractivity contribution in [3.63, 3.8) is 0 Å². The summed E-state index contributed by atoms with van der Waals surface area (Å²) in [5.41, 5.74) is 4.13. The summed E-state index contributed by atoms with van der Waals surface area (Å²) in [6, 6.07) is 6.79. The zero-order valence-electron chi connectivity index (χ0n) is 15.4. The summed E-state index contributed by atoms with van der Waals surface area (Å²) in [5.74, 6) is 0. The number of unbranched alkanes of at least 4 members (excludes halogenated alkanes) is 9. The Labute approximate surface area is 143 Å². The SMILES string of the molecule is Cc1cc(C)cc(CNCCCCCCCCCCCCO)c1. The van der Waals surface area contributed by atoms with Crippen LogP contribution in [0, 0.1) is 13.8 Å². The van der Waals surface area contributed by atoms with E-state index in [1.807, 2.05) is 0 Å². The molecule has 0 bridgehead atoms. The summed E-state index contributed by atoms with van der Waals surface area (Å²) in [6.45, 7) is 6.83. The minimum absolute atomic E-state index is 0.359. The lowest BCUT2D eigenvalue weighted by molar-refractivity contribution is 0.282. The minimum Gasteiger partial charge on any atom is -0.396 e. The molecule has 0 aliphatic rings. The molecule has 1 rings (SSSR count). The second kappa shape index (κ2) is 13.6. The Morgan fingerprint density at radius 2 is 1.17 bits per heavy atom. The van der Waals surface area contributed by atoms with Gasteiger partial charge in [-0.3, -0.25) is 0 Å². The summed E-state index contributed by atoms with van der Waals surface area (Å²) in [4.78, 5) is 0. The standard InChI is InChI=1S/C21H37NO/c1-19-15-20(2)17-21(16-19)18-22-13-11-9-7-5-3-4-6-8-10-12-14-23/h15-17,22-23H,3-14,18H2,1-2H3. The maximum atomic E-state index is 8.71. The molecular weight excluding hydrogens is 282 g/mol. The third kappa shape index (κ3) is 11.3. The van der Waals surface area contributed by atoms with Gasteiger partial charge in [-0.15, -0.1) is 0 Å². The molecule has 0 heterocycles. The van der Waals surface area contributed by atoms with Crippen LogP contribution < -0.4 is 5.32 Å². The van der Waals surface area contributed by atoms with Gasteiger partial charge in [0.15, 0.2) is 0 Å². The van der Waals surface area contributed by atoms with Crippen molar-refractivity contribution >= 4 is 0 Å². The molecule has 1 aromatic rings. The van der Waals surface area contributed by atoms with Crippen molar-refractivity contribution in [3.05, 3.63) is 34.9 Å². The summed E-state index contributed by atoms with van der Waals surface area (Å²) >= 11 is 0. The van der Waals surface area contributed by atoms with Gasteiger partial charge in [0.2, 0.25) is 0 Å². The predicted molar refractivity (Wildman–Crippen MR) is 101 cm³/mol. The molecule has 0 aliphatic heterocycles. The molecule has 132 valence electrons. The average Bonchev–Trinajstić information content (AvgIpc) is 2.51. The molecule has 2 nitrogen and oxygen atoms in total. The lowest BCUT2D eigenvalue weighted by Crippen LogP contribution is -2.14. The van der Waals surface area contributed by atoms with Crippen molar-refractivity contribution in [2.45, 2.75) is 84.6 Å². The minimum atomic E-state index is 0.359. The van der Waals surface area contributed by atoms with Gasteiger partial charge in [-0.2, -0.15) is 0 Å². The fourth-order valence-corrected chi connectivity index (χ4v) is 3.18. The lowest BCUT2D eigenvalue weighted by atomic mass is 10.1. The van der Waals surface area contributed by atoms with Gasteiger partial charge in [-0.25, -0.2) is 0 Å². The number of aliphatic hydroxyl groups is 1. The fourth-order valence-electron chi connectivity index (χ4n) is 3.18. The molecular formula is C21H37NO. The van der Waals surface area contributed by atoms with E-state index in [1.165, 1.54) is 74.5 Å². The van der Waals surface area contributed by atoms with E-state index in [1.54, 1.807) is 0 Å². The molecule has 0 unspecified atom stereocenters. The van der Waals surface area contributed by atoms with Gasteiger partial charge in [0.1, 0.15) is 0 Å². The quantitative estimate of drug-likeness (QED) is 0.457. The van der Waals surface area contributed by atoms with Crippen molar-refractivity contribution < 1.29 is 5.11 Å². The third-order valence-corrected chi connectivity index (χ3v) is 4.37. The molecule has 0 saturated heterocycles. The van der Waals surface area contributed by atoms with Crippen LogP contribution in [-0.4, -0.2) is 18.3 Å². The second-order valence-electron chi connectivity index (χ2n) is 6.93. The van der Waals surface area contributed by atoms with Gasteiger partial charge in [0.05, 0.1) is 0 Å². The van der Waals surface area contributed by atoms with Crippen molar-refractivity contribution in [1.29, 1.82) is 0 Å². The van der Waals surface area contributed by atoms with E-state index < -0.39 is 0 Å². The van der Waals surface area contributed by atoms with E-state index in [2.05, 4.69) is 37.4 Å². The number of aryl methyl sites for hydroxylation is 2. The molecule has 0 fully saturated rings. The first-order valence-corrected chi connectivity index (χ1v) is 9.61. The molecule has 0 atom stereocenters. The van der Waals surface area contributed by atoms with E-state index in [0.717, 1.165) is 19.5 Å². The second-order valence-corrected chi connectivity index (χ2v) is 6.93. The summed E-state index contributed by atoms with van der Waals surface area (Å²) in [6.07, 6.45) is 13.0. The van der Waals surface area contributed by atoms with Crippen LogP contribution in [0.4, 0.5) is 0 Å². The Morgan fingerprint density at radius 1 is 0.696 bits per heavy atom. The Balaban J connectivity index is 1.86. The summed E-state index contributed by atoms with van der Waals surface area (Å²) in [7, 11) is 0. The van der Waals surface area contributed by atoms with Gasteiger partial charge in [0, 0.05) is 13.2 Å². The molecule has 0 radical (unpaired) electrons. The van der Waals surface area contributed by atoms with Crippen molar-refractivity contribution in [1.82, 2.24) is 5.32 Å². The van der Waals surface area contributed by atoms with Crippen molar-refractivity contribution in [2.24, 2.45) is 0 Å². The number of rotatable bonds is 14. The van der Waals surface area contributed by atoms with E-state index >= 15 is 0 Å². The lowest BCUT2D eigenvalue weighted by Gasteiger charge is -2.07. The van der Waals surface area contributed by atoms with Crippen LogP contribution in [0.15, 0.2) is 18.2 Å². The number of hydrogen-bond acceptors (Lipinski definition) is 2. The third-order valence-electron chi connectivity index (χ3n) is 4.37. The van der Waals surface area contributed by atoms with Crippen molar-refractivity contribution in [3.8, 4) is 0 Å². The van der Waals surface area contributed by atoms with Crippen LogP contribution in [0.5, 0.6) is 0 Å². The van der Waals surface area contributed by atoms with E-state index in [-0.39, 0.29) is 0 Å². The monoisotopic (exact) mass is 319 g/mol. The number of nitrogens with one attached hydrogen (secondary N) is 1. The van der Waals surface area contributed by atoms with Crippen LogP contribution in [0.2, 0.25) is 0 Å². The highest BCUT2D eigenvalue weighted by atomic mass is 16.2. The van der Waals surface area contributed by atoms with Crippen LogP contribution >= 0.6 is 0 Å². The topological polar surface area (TPSA) is 32.3 Å². The molecule has 0 aromatic heterocycles. The first-order valence-electron chi connectivity index (χ1n) is 9.61. The van der Waals surface area contributed by atoms with Crippen LogP contribution in [0.1, 0.15) is 80.9 Å². The van der Waals surface area contributed by atoms with E-state index in [4.69, 9.17) is 5.11 Å². The molecule has 2 N–H and O–H groups in total. The van der Waals surface area contributed by atoms with Crippen LogP contribution in [-0.2, 0) is 6.54 Å². The Bertz CT molecular complexity index is 383. The molecule has 0 aliphatic carbocycles. The van der Waals surface area contributed by atoms with Crippen molar-refractivity contribution in [2.75, 3.05) is 13.2 Å². The van der Waals surface area contributed by atoms with Crippen LogP contribution in [0.25, 0.3) is 0 Å². The summed E-state index contributed by atoms with van der Waals surface area (Å²) < 4.78 is 0.